The van der Waals surface area contributed by atoms with Gasteiger partial charge in [-0.3, -0.25) is 4.79 Å². The Morgan fingerprint density at radius 1 is 1.27 bits per heavy atom. The van der Waals surface area contributed by atoms with Crippen LogP contribution in [-0.2, 0) is 11.4 Å². The number of fused-ring (bicyclic) bond motifs is 1. The summed E-state index contributed by atoms with van der Waals surface area (Å²) in [6, 6.07) is 7.30. The number of halogens is 2. The lowest BCUT2D eigenvalue weighted by atomic mass is 10.2. The van der Waals surface area contributed by atoms with Gasteiger partial charge in [-0.05, 0) is 37.6 Å². The highest BCUT2D eigenvalue weighted by atomic mass is 35.5. The number of aryl methyl sites for hydroxylation is 1. The number of carbonyl (C=O) groups is 1. The molecule has 4 rings (SSSR count). The number of anilines is 1. The molecule has 3 aromatic rings. The van der Waals surface area contributed by atoms with Crippen LogP contribution in [0.25, 0.3) is 5.65 Å². The lowest BCUT2D eigenvalue weighted by molar-refractivity contribution is -0.117. The molecular formula is C19H17Cl2N3O2. The van der Waals surface area contributed by atoms with Gasteiger partial charge >= 0.3 is 0 Å². The Morgan fingerprint density at radius 2 is 2.12 bits per heavy atom. The van der Waals surface area contributed by atoms with E-state index in [1.807, 2.05) is 35.9 Å². The average molecular weight is 390 g/mol. The van der Waals surface area contributed by atoms with Crippen LogP contribution in [0.5, 0.6) is 5.75 Å². The molecule has 0 saturated carbocycles. The molecular weight excluding hydrogens is 373 g/mol. The molecule has 0 aliphatic carbocycles. The van der Waals surface area contributed by atoms with Gasteiger partial charge in [-0.1, -0.05) is 23.2 Å². The van der Waals surface area contributed by atoms with Crippen LogP contribution >= 0.6 is 23.2 Å². The number of hydrogen-bond donors (Lipinski definition) is 0. The largest absolute Gasteiger partial charge is 0.485 e. The second kappa shape index (κ2) is 6.82. The highest BCUT2D eigenvalue weighted by molar-refractivity contribution is 6.38. The Morgan fingerprint density at radius 3 is 2.88 bits per heavy atom. The van der Waals surface area contributed by atoms with Crippen molar-refractivity contribution in [3.63, 3.8) is 0 Å². The maximum atomic E-state index is 12.0. The zero-order valence-corrected chi connectivity index (χ0v) is 15.7. The first-order valence-corrected chi connectivity index (χ1v) is 9.14. The maximum absolute atomic E-state index is 12.0. The summed E-state index contributed by atoms with van der Waals surface area (Å²) in [5.74, 6) is 0.731. The summed E-state index contributed by atoms with van der Waals surface area (Å²) in [7, 11) is 0. The van der Waals surface area contributed by atoms with Crippen LogP contribution in [0, 0.1) is 6.92 Å². The molecule has 0 atom stereocenters. The Labute approximate surface area is 161 Å². The summed E-state index contributed by atoms with van der Waals surface area (Å²) in [5, 5.41) is 0.969. The zero-order valence-electron chi connectivity index (χ0n) is 14.2. The van der Waals surface area contributed by atoms with Crippen LogP contribution in [-0.4, -0.2) is 21.8 Å². The number of carbonyl (C=O) groups excluding carboxylic acids is 1. The van der Waals surface area contributed by atoms with E-state index < -0.39 is 0 Å². The van der Waals surface area contributed by atoms with Gasteiger partial charge in [0.15, 0.2) is 11.4 Å². The third-order valence-corrected chi connectivity index (χ3v) is 5.25. The predicted octanol–water partition coefficient (Wildman–Crippen LogP) is 4.66. The fourth-order valence-electron chi connectivity index (χ4n) is 3.20. The molecule has 1 fully saturated rings. The van der Waals surface area contributed by atoms with Crippen molar-refractivity contribution in [2.45, 2.75) is 26.4 Å². The number of ether oxygens (including phenoxy) is 1. The van der Waals surface area contributed by atoms with Crippen LogP contribution in [0.1, 0.15) is 24.1 Å². The Kier molecular flexibility index (Phi) is 4.51. The molecule has 26 heavy (non-hydrogen) atoms. The monoisotopic (exact) mass is 389 g/mol. The fraction of sp³-hybridized carbons (Fsp3) is 0.263. The van der Waals surface area contributed by atoms with E-state index in [9.17, 15) is 4.79 Å². The van der Waals surface area contributed by atoms with E-state index in [1.165, 1.54) is 0 Å². The molecule has 1 aromatic carbocycles. The lowest BCUT2D eigenvalue weighted by Gasteiger charge is -2.20. The molecule has 1 saturated heterocycles. The van der Waals surface area contributed by atoms with E-state index in [-0.39, 0.29) is 12.5 Å². The number of imidazole rings is 1. The summed E-state index contributed by atoms with van der Waals surface area (Å²) in [6.45, 7) is 2.80. The second-order valence-corrected chi connectivity index (χ2v) is 7.07. The maximum Gasteiger partial charge on any atom is 0.227 e. The Bertz CT molecular complexity index is 1000. The molecule has 5 nitrogen and oxygen atoms in total. The molecule has 0 bridgehead atoms. The van der Waals surface area contributed by atoms with E-state index in [0.717, 1.165) is 17.8 Å². The SMILES string of the molecule is Cc1cn2cccc(OCc3c(Cl)ccc(N4CCCC4=O)c3Cl)c2n1. The first-order valence-electron chi connectivity index (χ1n) is 8.39. The normalized spacial score (nSPS) is 14.4. The third-order valence-electron chi connectivity index (χ3n) is 4.47. The molecule has 134 valence electrons. The summed E-state index contributed by atoms with van der Waals surface area (Å²) < 4.78 is 7.88. The minimum Gasteiger partial charge on any atom is -0.485 e. The van der Waals surface area contributed by atoms with Gasteiger partial charge in [-0.2, -0.15) is 0 Å². The molecule has 3 heterocycles. The van der Waals surface area contributed by atoms with Crippen molar-refractivity contribution >= 4 is 40.4 Å². The highest BCUT2D eigenvalue weighted by Crippen LogP contribution is 2.36. The number of amides is 1. The summed E-state index contributed by atoms with van der Waals surface area (Å²) in [6.07, 6.45) is 5.24. The van der Waals surface area contributed by atoms with Gasteiger partial charge in [0, 0.05) is 35.9 Å². The highest BCUT2D eigenvalue weighted by Gasteiger charge is 2.25. The van der Waals surface area contributed by atoms with E-state index in [0.29, 0.717) is 40.0 Å². The van der Waals surface area contributed by atoms with Gasteiger partial charge < -0.3 is 14.0 Å². The van der Waals surface area contributed by atoms with Gasteiger partial charge in [-0.15, -0.1) is 0 Å². The summed E-state index contributed by atoms with van der Waals surface area (Å²) in [4.78, 5) is 18.2. The van der Waals surface area contributed by atoms with E-state index in [2.05, 4.69) is 4.98 Å². The topological polar surface area (TPSA) is 46.8 Å². The van der Waals surface area contributed by atoms with Crippen LogP contribution in [0.3, 0.4) is 0 Å². The van der Waals surface area contributed by atoms with Crippen molar-refractivity contribution in [2.24, 2.45) is 0 Å². The molecule has 1 aliphatic rings. The summed E-state index contributed by atoms with van der Waals surface area (Å²) >= 11 is 12.9. The molecule has 1 aliphatic heterocycles. The molecule has 0 unspecified atom stereocenters. The van der Waals surface area contributed by atoms with Crippen molar-refractivity contribution in [2.75, 3.05) is 11.4 Å². The zero-order chi connectivity index (χ0) is 18.3. The van der Waals surface area contributed by atoms with Gasteiger partial charge in [-0.25, -0.2) is 4.98 Å². The minimum absolute atomic E-state index is 0.0821. The number of benzene rings is 1. The number of rotatable bonds is 4. The van der Waals surface area contributed by atoms with Crippen LogP contribution in [0.4, 0.5) is 5.69 Å². The van der Waals surface area contributed by atoms with Crippen molar-refractivity contribution in [1.29, 1.82) is 0 Å². The number of nitrogens with zero attached hydrogens (tertiary/aromatic N) is 3. The Balaban J connectivity index is 1.64. The van der Waals surface area contributed by atoms with E-state index >= 15 is 0 Å². The fourth-order valence-corrected chi connectivity index (χ4v) is 3.78. The first-order chi connectivity index (χ1) is 12.5. The first kappa shape index (κ1) is 17.2. The summed E-state index contributed by atoms with van der Waals surface area (Å²) in [5.41, 5.74) is 3.00. The quantitative estimate of drug-likeness (QED) is 0.651. The molecule has 2 aromatic heterocycles. The van der Waals surface area contributed by atoms with Crippen molar-refractivity contribution in [1.82, 2.24) is 9.38 Å². The van der Waals surface area contributed by atoms with E-state index in [4.69, 9.17) is 27.9 Å². The minimum atomic E-state index is 0.0821. The van der Waals surface area contributed by atoms with Crippen LogP contribution in [0.2, 0.25) is 10.0 Å². The van der Waals surface area contributed by atoms with Crippen LogP contribution in [0.15, 0.2) is 36.7 Å². The predicted molar refractivity (Wildman–Crippen MR) is 102 cm³/mol. The molecule has 0 spiro atoms. The average Bonchev–Trinajstić information content (AvgIpc) is 3.20. The van der Waals surface area contributed by atoms with Crippen molar-refractivity contribution in [3.05, 3.63) is 58.0 Å². The molecule has 1 amide bonds. The van der Waals surface area contributed by atoms with Gasteiger partial charge in [0.2, 0.25) is 5.91 Å². The molecule has 0 N–H and O–H groups in total. The van der Waals surface area contributed by atoms with Crippen molar-refractivity contribution in [3.8, 4) is 5.75 Å². The van der Waals surface area contributed by atoms with E-state index in [1.54, 1.807) is 17.0 Å². The standard InChI is InChI=1S/C19H17Cl2N3O2/c1-12-10-23-8-2-4-16(19(23)22-12)26-11-13-14(20)6-7-15(18(13)21)24-9-3-5-17(24)25/h2,4,6-8,10H,3,5,9,11H2,1H3. The smallest absolute Gasteiger partial charge is 0.227 e. The molecule has 7 heteroatoms. The van der Waals surface area contributed by atoms with Crippen molar-refractivity contribution < 1.29 is 9.53 Å². The second-order valence-electron chi connectivity index (χ2n) is 6.28. The molecule has 0 radical (unpaired) electrons. The Hall–Kier alpha value is -2.24. The van der Waals surface area contributed by atoms with Gasteiger partial charge in [0.1, 0.15) is 6.61 Å². The number of pyridine rings is 1. The van der Waals surface area contributed by atoms with Crippen LogP contribution < -0.4 is 9.64 Å². The number of hydrogen-bond acceptors (Lipinski definition) is 3. The third kappa shape index (κ3) is 3.02. The number of aromatic nitrogens is 2. The van der Waals surface area contributed by atoms with Gasteiger partial charge in [0.05, 0.1) is 16.4 Å². The van der Waals surface area contributed by atoms with Gasteiger partial charge in [0.25, 0.3) is 0 Å². The lowest BCUT2D eigenvalue weighted by Crippen LogP contribution is -2.24.